The van der Waals surface area contributed by atoms with Crippen molar-refractivity contribution in [1.29, 1.82) is 0 Å². The standard InChI is InChI=1S/C26H26F2N2O2/c1-14-8-10-16(11-9-14)22-21(25(32)30-24-17(27)6-5-7-18(24)28)15(2)29-19-12-26(3,4)13-20(31)23(19)22/h5-11,22,29H,12-13H2,1-4H3,(H,30,32). The van der Waals surface area contributed by atoms with E-state index in [9.17, 15) is 18.4 Å². The molecule has 0 fully saturated rings. The molecular formula is C26H26F2N2O2. The van der Waals surface area contributed by atoms with E-state index in [1.165, 1.54) is 6.07 Å². The van der Waals surface area contributed by atoms with Crippen LogP contribution in [-0.4, -0.2) is 11.7 Å². The predicted octanol–water partition coefficient (Wildman–Crippen LogP) is 5.52. The first-order chi connectivity index (χ1) is 15.1. The summed E-state index contributed by atoms with van der Waals surface area (Å²) in [5.74, 6) is -3.01. The van der Waals surface area contributed by atoms with Crippen molar-refractivity contribution < 1.29 is 18.4 Å². The Balaban J connectivity index is 1.82. The van der Waals surface area contributed by atoms with E-state index in [1.807, 2.05) is 45.0 Å². The van der Waals surface area contributed by atoms with Crippen molar-refractivity contribution >= 4 is 17.4 Å². The number of hydrogen-bond donors (Lipinski definition) is 2. The molecule has 1 amide bonds. The second-order valence-corrected chi connectivity index (χ2v) is 9.39. The molecule has 0 radical (unpaired) electrons. The highest BCUT2D eigenvalue weighted by atomic mass is 19.1. The Morgan fingerprint density at radius 3 is 2.28 bits per heavy atom. The van der Waals surface area contributed by atoms with E-state index in [1.54, 1.807) is 6.92 Å². The average Bonchev–Trinajstić information content (AvgIpc) is 2.69. The maximum atomic E-state index is 14.2. The van der Waals surface area contributed by atoms with E-state index in [2.05, 4.69) is 10.6 Å². The van der Waals surface area contributed by atoms with E-state index in [-0.39, 0.29) is 16.8 Å². The molecule has 0 saturated carbocycles. The number of ketones is 1. The van der Waals surface area contributed by atoms with E-state index in [0.717, 1.165) is 29.0 Å². The second kappa shape index (κ2) is 8.01. The van der Waals surface area contributed by atoms with Gasteiger partial charge in [-0.2, -0.15) is 0 Å². The molecule has 166 valence electrons. The molecule has 0 bridgehead atoms. The van der Waals surface area contributed by atoms with Crippen LogP contribution in [0.4, 0.5) is 14.5 Å². The van der Waals surface area contributed by atoms with Gasteiger partial charge in [0.2, 0.25) is 0 Å². The summed E-state index contributed by atoms with van der Waals surface area (Å²) in [5, 5.41) is 5.65. The number of allylic oxidation sites excluding steroid dienone is 3. The van der Waals surface area contributed by atoms with Crippen LogP contribution in [0.2, 0.25) is 0 Å². The van der Waals surface area contributed by atoms with E-state index < -0.39 is 29.1 Å². The number of aryl methyl sites for hydroxylation is 1. The van der Waals surface area contributed by atoms with Crippen LogP contribution in [0.5, 0.6) is 0 Å². The zero-order valence-corrected chi connectivity index (χ0v) is 18.6. The lowest BCUT2D eigenvalue weighted by Gasteiger charge is -2.39. The van der Waals surface area contributed by atoms with Gasteiger partial charge >= 0.3 is 0 Å². The number of anilines is 1. The van der Waals surface area contributed by atoms with Crippen LogP contribution in [0.3, 0.4) is 0 Å². The third kappa shape index (κ3) is 3.97. The largest absolute Gasteiger partial charge is 0.362 e. The number of nitrogens with one attached hydrogen (secondary N) is 2. The van der Waals surface area contributed by atoms with Crippen LogP contribution in [0, 0.1) is 24.0 Å². The molecule has 4 nitrogen and oxygen atoms in total. The van der Waals surface area contributed by atoms with Crippen molar-refractivity contribution in [2.75, 3.05) is 5.32 Å². The number of hydrogen-bond acceptors (Lipinski definition) is 3. The molecule has 32 heavy (non-hydrogen) atoms. The van der Waals surface area contributed by atoms with Crippen molar-refractivity contribution in [1.82, 2.24) is 5.32 Å². The highest BCUT2D eigenvalue weighted by Gasteiger charge is 2.42. The van der Waals surface area contributed by atoms with E-state index in [0.29, 0.717) is 24.1 Å². The smallest absolute Gasteiger partial charge is 0.254 e. The van der Waals surface area contributed by atoms with Crippen molar-refractivity contribution in [2.24, 2.45) is 5.41 Å². The summed E-state index contributed by atoms with van der Waals surface area (Å²) in [7, 11) is 0. The molecule has 1 unspecified atom stereocenters. The minimum atomic E-state index is -0.859. The van der Waals surface area contributed by atoms with Gasteiger partial charge in [-0.15, -0.1) is 0 Å². The van der Waals surface area contributed by atoms with Crippen LogP contribution >= 0.6 is 0 Å². The van der Waals surface area contributed by atoms with Crippen LogP contribution in [0.15, 0.2) is 65.0 Å². The van der Waals surface area contributed by atoms with Gasteiger partial charge in [-0.3, -0.25) is 9.59 Å². The fourth-order valence-electron chi connectivity index (χ4n) is 4.63. The number of Topliss-reactive ketones (excluding diaryl/α,β-unsaturated/α-hetero) is 1. The van der Waals surface area contributed by atoms with Gasteiger partial charge in [0.05, 0.1) is 0 Å². The summed E-state index contributed by atoms with van der Waals surface area (Å²) in [5.41, 5.74) is 3.34. The monoisotopic (exact) mass is 436 g/mol. The SMILES string of the molecule is CC1=C(C(=O)Nc2c(F)cccc2F)C(c2ccc(C)cc2)C2=C(CC(C)(C)CC2=O)N1. The normalized spacial score (nSPS) is 20.1. The molecule has 2 aromatic carbocycles. The molecule has 0 saturated heterocycles. The fraction of sp³-hybridized carbons (Fsp3) is 0.308. The van der Waals surface area contributed by atoms with Gasteiger partial charge in [-0.25, -0.2) is 8.78 Å². The number of carbonyl (C=O) groups excluding carboxylic acids is 2. The summed E-state index contributed by atoms with van der Waals surface area (Å²) >= 11 is 0. The Kier molecular flexibility index (Phi) is 5.49. The number of halogens is 2. The zero-order chi connectivity index (χ0) is 23.2. The zero-order valence-electron chi connectivity index (χ0n) is 18.6. The van der Waals surface area contributed by atoms with Gasteiger partial charge in [0.1, 0.15) is 17.3 Å². The first-order valence-electron chi connectivity index (χ1n) is 10.6. The Bertz CT molecular complexity index is 1160. The highest BCUT2D eigenvalue weighted by molar-refractivity contribution is 6.10. The lowest BCUT2D eigenvalue weighted by molar-refractivity contribution is -0.118. The number of para-hydroxylation sites is 1. The molecule has 0 spiro atoms. The Morgan fingerprint density at radius 1 is 1.03 bits per heavy atom. The first kappa shape index (κ1) is 21.9. The second-order valence-electron chi connectivity index (χ2n) is 9.39. The topological polar surface area (TPSA) is 58.2 Å². The molecule has 1 heterocycles. The molecule has 1 aliphatic carbocycles. The fourth-order valence-corrected chi connectivity index (χ4v) is 4.63. The minimum absolute atomic E-state index is 0.0239. The van der Waals surface area contributed by atoms with E-state index in [4.69, 9.17) is 0 Å². The highest BCUT2D eigenvalue weighted by Crippen LogP contribution is 2.46. The number of amides is 1. The maximum Gasteiger partial charge on any atom is 0.254 e. The lowest BCUT2D eigenvalue weighted by Crippen LogP contribution is -2.39. The first-order valence-corrected chi connectivity index (χ1v) is 10.6. The maximum absolute atomic E-state index is 14.2. The summed E-state index contributed by atoms with van der Waals surface area (Å²) in [6, 6.07) is 11.1. The number of rotatable bonds is 3. The quantitative estimate of drug-likeness (QED) is 0.667. The number of benzene rings is 2. The molecule has 1 aliphatic heterocycles. The Hall–Kier alpha value is -3.28. The third-order valence-electron chi connectivity index (χ3n) is 6.10. The summed E-state index contributed by atoms with van der Waals surface area (Å²) in [6.07, 6.45) is 1.04. The van der Waals surface area contributed by atoms with Crippen LogP contribution < -0.4 is 10.6 Å². The molecular weight excluding hydrogens is 410 g/mol. The molecule has 2 aromatic rings. The number of carbonyl (C=O) groups is 2. The predicted molar refractivity (Wildman–Crippen MR) is 120 cm³/mol. The van der Waals surface area contributed by atoms with E-state index >= 15 is 0 Å². The molecule has 4 rings (SSSR count). The lowest BCUT2D eigenvalue weighted by atomic mass is 9.68. The third-order valence-corrected chi connectivity index (χ3v) is 6.10. The van der Waals surface area contributed by atoms with Gasteiger partial charge in [0.25, 0.3) is 5.91 Å². The molecule has 6 heteroatoms. The Morgan fingerprint density at radius 2 is 1.66 bits per heavy atom. The average molecular weight is 437 g/mol. The van der Waals surface area contributed by atoms with Gasteiger partial charge in [-0.1, -0.05) is 49.7 Å². The van der Waals surface area contributed by atoms with Crippen molar-refractivity contribution in [2.45, 2.75) is 46.5 Å². The summed E-state index contributed by atoms with van der Waals surface area (Å²) in [4.78, 5) is 26.6. The van der Waals surface area contributed by atoms with Crippen LogP contribution in [-0.2, 0) is 9.59 Å². The van der Waals surface area contributed by atoms with Gasteiger partial charge in [0, 0.05) is 34.9 Å². The van der Waals surface area contributed by atoms with Gasteiger partial charge < -0.3 is 10.6 Å². The summed E-state index contributed by atoms with van der Waals surface area (Å²) < 4.78 is 28.4. The van der Waals surface area contributed by atoms with Crippen molar-refractivity contribution in [3.05, 3.63) is 87.8 Å². The van der Waals surface area contributed by atoms with Gasteiger partial charge in [-0.05, 0) is 43.4 Å². The molecule has 0 aromatic heterocycles. The summed E-state index contributed by atoms with van der Waals surface area (Å²) in [6.45, 7) is 7.80. The minimum Gasteiger partial charge on any atom is -0.362 e. The number of dihydropyridines is 1. The van der Waals surface area contributed by atoms with Crippen molar-refractivity contribution in [3.8, 4) is 0 Å². The van der Waals surface area contributed by atoms with Gasteiger partial charge in [0.15, 0.2) is 5.78 Å². The van der Waals surface area contributed by atoms with Crippen molar-refractivity contribution in [3.63, 3.8) is 0 Å². The van der Waals surface area contributed by atoms with Crippen LogP contribution in [0.1, 0.15) is 50.7 Å². The molecule has 2 aliphatic rings. The Labute approximate surface area is 186 Å². The molecule has 2 N–H and O–H groups in total. The van der Waals surface area contributed by atoms with Crippen LogP contribution in [0.25, 0.3) is 0 Å². The molecule has 1 atom stereocenters.